The minimum Gasteiger partial charge on any atom is -0.454 e. The third-order valence-electron chi connectivity index (χ3n) is 3.80. The minimum absolute atomic E-state index is 0.0942. The summed E-state index contributed by atoms with van der Waals surface area (Å²) < 4.78 is 17.9. The zero-order valence-corrected chi connectivity index (χ0v) is 15.2. The highest BCUT2D eigenvalue weighted by Gasteiger charge is 2.14. The monoisotopic (exact) mass is 372 g/mol. The molecule has 0 fully saturated rings. The van der Waals surface area contributed by atoms with E-state index in [1.54, 1.807) is 7.05 Å². The number of benzene rings is 2. The van der Waals surface area contributed by atoms with Gasteiger partial charge in [0.25, 0.3) is 11.8 Å². The molecule has 0 aliphatic rings. The summed E-state index contributed by atoms with van der Waals surface area (Å²) in [7, 11) is 1.61. The van der Waals surface area contributed by atoms with Crippen LogP contribution in [0.15, 0.2) is 48.5 Å². The standard InChI is InChI=1S/C20H21FN2O4/c1-14-6-8-15(9-7-14)12-23(2)18(24)13-27-19(25)11-22-20(26)16-4-3-5-17(21)10-16/h3-10H,11-13H2,1-2H3,(H,22,26). The quantitative estimate of drug-likeness (QED) is 0.755. The van der Waals surface area contributed by atoms with Gasteiger partial charge in [0.2, 0.25) is 0 Å². The number of carbonyl (C=O) groups excluding carboxylic acids is 3. The van der Waals surface area contributed by atoms with Crippen LogP contribution >= 0.6 is 0 Å². The summed E-state index contributed by atoms with van der Waals surface area (Å²) >= 11 is 0. The van der Waals surface area contributed by atoms with E-state index in [1.165, 1.54) is 23.1 Å². The fraction of sp³-hybridized carbons (Fsp3) is 0.250. The van der Waals surface area contributed by atoms with Crippen LogP contribution in [0.25, 0.3) is 0 Å². The Labute approximate surface area is 156 Å². The molecule has 27 heavy (non-hydrogen) atoms. The van der Waals surface area contributed by atoms with Gasteiger partial charge in [-0.1, -0.05) is 35.9 Å². The molecule has 0 aliphatic heterocycles. The molecule has 0 bridgehead atoms. The van der Waals surface area contributed by atoms with Crippen LogP contribution in [0.5, 0.6) is 0 Å². The second-order valence-electron chi connectivity index (χ2n) is 6.09. The molecular weight excluding hydrogens is 351 g/mol. The van der Waals surface area contributed by atoms with Crippen LogP contribution < -0.4 is 5.32 Å². The van der Waals surface area contributed by atoms with Gasteiger partial charge in [0.1, 0.15) is 12.4 Å². The molecule has 0 heterocycles. The Bertz CT molecular complexity index is 821. The molecule has 2 aromatic carbocycles. The smallest absolute Gasteiger partial charge is 0.325 e. The summed E-state index contributed by atoms with van der Waals surface area (Å²) in [5, 5.41) is 2.32. The summed E-state index contributed by atoms with van der Waals surface area (Å²) in [4.78, 5) is 37.0. The van der Waals surface area contributed by atoms with Crippen molar-refractivity contribution in [3.05, 3.63) is 71.0 Å². The Kier molecular flexibility index (Phi) is 7.05. The van der Waals surface area contributed by atoms with Crippen LogP contribution in [0.4, 0.5) is 4.39 Å². The molecule has 2 aromatic rings. The summed E-state index contributed by atoms with van der Waals surface area (Å²) in [5.41, 5.74) is 2.18. The molecule has 0 atom stereocenters. The van der Waals surface area contributed by atoms with Crippen molar-refractivity contribution in [3.8, 4) is 0 Å². The Morgan fingerprint density at radius 2 is 1.81 bits per heavy atom. The molecule has 0 unspecified atom stereocenters. The molecule has 0 saturated heterocycles. The number of nitrogens with zero attached hydrogens (tertiary/aromatic N) is 1. The van der Waals surface area contributed by atoms with E-state index in [9.17, 15) is 18.8 Å². The molecule has 0 aliphatic carbocycles. The summed E-state index contributed by atoms with van der Waals surface area (Å²) in [6, 6.07) is 12.8. The van der Waals surface area contributed by atoms with Gasteiger partial charge in [-0.15, -0.1) is 0 Å². The summed E-state index contributed by atoms with van der Waals surface area (Å²) in [5.74, 6) is -2.26. The van der Waals surface area contributed by atoms with Gasteiger partial charge in [-0.2, -0.15) is 0 Å². The van der Waals surface area contributed by atoms with E-state index < -0.39 is 30.8 Å². The van der Waals surface area contributed by atoms with Crippen molar-refractivity contribution in [2.24, 2.45) is 0 Å². The molecule has 1 N–H and O–H groups in total. The first-order chi connectivity index (χ1) is 12.8. The van der Waals surface area contributed by atoms with Gasteiger partial charge in [0, 0.05) is 19.2 Å². The van der Waals surface area contributed by atoms with Gasteiger partial charge in [-0.05, 0) is 30.7 Å². The highest BCUT2D eigenvalue weighted by atomic mass is 19.1. The van der Waals surface area contributed by atoms with Crippen molar-refractivity contribution in [2.75, 3.05) is 20.2 Å². The van der Waals surface area contributed by atoms with Crippen molar-refractivity contribution in [3.63, 3.8) is 0 Å². The van der Waals surface area contributed by atoms with Gasteiger partial charge in [0.15, 0.2) is 6.61 Å². The Morgan fingerprint density at radius 3 is 2.48 bits per heavy atom. The predicted molar refractivity (Wildman–Crippen MR) is 97.3 cm³/mol. The Morgan fingerprint density at radius 1 is 1.11 bits per heavy atom. The maximum absolute atomic E-state index is 13.1. The van der Waals surface area contributed by atoms with Gasteiger partial charge >= 0.3 is 5.97 Å². The van der Waals surface area contributed by atoms with Crippen molar-refractivity contribution in [1.29, 1.82) is 0 Å². The lowest BCUT2D eigenvalue weighted by Gasteiger charge is -2.17. The first-order valence-corrected chi connectivity index (χ1v) is 8.34. The van der Waals surface area contributed by atoms with Gasteiger partial charge in [-0.3, -0.25) is 14.4 Å². The van der Waals surface area contributed by atoms with Crippen LogP contribution in [-0.2, 0) is 20.9 Å². The van der Waals surface area contributed by atoms with E-state index in [2.05, 4.69) is 5.32 Å². The number of likely N-dealkylation sites (N-methyl/N-ethyl adjacent to an activating group) is 1. The van der Waals surface area contributed by atoms with Crippen molar-refractivity contribution in [1.82, 2.24) is 10.2 Å². The average molecular weight is 372 g/mol. The lowest BCUT2D eigenvalue weighted by molar-refractivity contribution is -0.150. The van der Waals surface area contributed by atoms with Crippen LogP contribution in [0.1, 0.15) is 21.5 Å². The minimum atomic E-state index is -0.753. The second kappa shape index (κ2) is 9.47. The number of amides is 2. The highest BCUT2D eigenvalue weighted by Crippen LogP contribution is 2.06. The number of rotatable bonds is 7. The Balaban J connectivity index is 1.73. The lowest BCUT2D eigenvalue weighted by Crippen LogP contribution is -2.34. The number of esters is 1. The molecule has 2 amide bonds. The van der Waals surface area contributed by atoms with Gasteiger partial charge in [0.05, 0.1) is 0 Å². The molecule has 0 radical (unpaired) electrons. The first-order valence-electron chi connectivity index (χ1n) is 8.34. The third kappa shape index (κ3) is 6.54. The van der Waals surface area contributed by atoms with Gasteiger partial charge < -0.3 is 15.0 Å². The molecule has 142 valence electrons. The highest BCUT2D eigenvalue weighted by molar-refractivity contribution is 5.96. The van der Waals surface area contributed by atoms with E-state index in [-0.39, 0.29) is 11.5 Å². The second-order valence-corrected chi connectivity index (χ2v) is 6.09. The topological polar surface area (TPSA) is 75.7 Å². The van der Waals surface area contributed by atoms with E-state index in [4.69, 9.17) is 4.74 Å². The normalized spacial score (nSPS) is 10.2. The number of ether oxygens (including phenoxy) is 1. The van der Waals surface area contributed by atoms with E-state index in [1.807, 2.05) is 31.2 Å². The van der Waals surface area contributed by atoms with E-state index in [0.29, 0.717) is 6.54 Å². The average Bonchev–Trinajstić information content (AvgIpc) is 2.65. The third-order valence-corrected chi connectivity index (χ3v) is 3.80. The summed E-state index contributed by atoms with van der Waals surface area (Å²) in [6.45, 7) is 1.54. The SMILES string of the molecule is Cc1ccc(CN(C)C(=O)COC(=O)CNC(=O)c2cccc(F)c2)cc1. The Hall–Kier alpha value is -3.22. The van der Waals surface area contributed by atoms with Crippen molar-refractivity contribution >= 4 is 17.8 Å². The number of carbonyl (C=O) groups is 3. The molecule has 0 spiro atoms. The summed E-state index contributed by atoms with van der Waals surface area (Å²) in [6.07, 6.45) is 0. The van der Waals surface area contributed by atoms with E-state index in [0.717, 1.165) is 17.2 Å². The largest absolute Gasteiger partial charge is 0.454 e. The molecular formula is C20H21FN2O4. The molecule has 0 saturated carbocycles. The molecule has 7 heteroatoms. The number of nitrogens with one attached hydrogen (secondary N) is 1. The fourth-order valence-corrected chi connectivity index (χ4v) is 2.24. The predicted octanol–water partition coefficient (Wildman–Crippen LogP) is 2.07. The first kappa shape index (κ1) is 20.1. The number of hydrogen-bond donors (Lipinski definition) is 1. The van der Waals surface area contributed by atoms with Gasteiger partial charge in [-0.25, -0.2) is 4.39 Å². The zero-order chi connectivity index (χ0) is 19.8. The number of hydrogen-bond acceptors (Lipinski definition) is 4. The maximum atomic E-state index is 13.1. The van der Waals surface area contributed by atoms with Crippen LogP contribution in [-0.4, -0.2) is 42.9 Å². The molecule has 2 rings (SSSR count). The van der Waals surface area contributed by atoms with E-state index >= 15 is 0 Å². The number of halogens is 1. The zero-order valence-electron chi connectivity index (χ0n) is 15.2. The van der Waals surface area contributed by atoms with Crippen molar-refractivity contribution < 1.29 is 23.5 Å². The van der Waals surface area contributed by atoms with Crippen LogP contribution in [0, 0.1) is 12.7 Å². The molecule has 0 aromatic heterocycles. The maximum Gasteiger partial charge on any atom is 0.325 e. The van der Waals surface area contributed by atoms with Crippen LogP contribution in [0.3, 0.4) is 0 Å². The number of aryl methyl sites for hydroxylation is 1. The molecule has 6 nitrogen and oxygen atoms in total. The van der Waals surface area contributed by atoms with Crippen LogP contribution in [0.2, 0.25) is 0 Å². The lowest BCUT2D eigenvalue weighted by atomic mass is 10.1. The fourth-order valence-electron chi connectivity index (χ4n) is 2.24. The van der Waals surface area contributed by atoms with Crippen molar-refractivity contribution in [2.45, 2.75) is 13.5 Å².